The van der Waals surface area contributed by atoms with Gasteiger partial charge in [-0.15, -0.1) is 0 Å². The third-order valence-corrected chi connectivity index (χ3v) is 6.46. The van der Waals surface area contributed by atoms with Gasteiger partial charge in [-0.2, -0.15) is 26.3 Å². The molecule has 1 aliphatic rings. The average molecular weight is 530 g/mol. The van der Waals surface area contributed by atoms with Gasteiger partial charge in [0.1, 0.15) is 0 Å². The van der Waals surface area contributed by atoms with Gasteiger partial charge >= 0.3 is 18.4 Å². The topological polar surface area (TPSA) is 43.9 Å². The Kier molecular flexibility index (Phi) is 8.14. The van der Waals surface area contributed by atoms with Crippen molar-refractivity contribution in [3.63, 3.8) is 0 Å². The van der Waals surface area contributed by atoms with Crippen LogP contribution in [0.2, 0.25) is 0 Å². The molecule has 37 heavy (non-hydrogen) atoms. The third-order valence-electron chi connectivity index (χ3n) is 6.46. The molecule has 0 spiro atoms. The summed E-state index contributed by atoms with van der Waals surface area (Å²) >= 11 is 0. The molecule has 2 aromatic rings. The molecule has 0 bridgehead atoms. The van der Waals surface area contributed by atoms with E-state index in [2.05, 4.69) is 0 Å². The first-order valence-corrected chi connectivity index (χ1v) is 11.8. The predicted molar refractivity (Wildman–Crippen MR) is 126 cm³/mol. The fourth-order valence-corrected chi connectivity index (χ4v) is 4.60. The number of hydrogen-bond donors (Lipinski definition) is 0. The SMILES string of the molecule is CCC(=O)N1CCN(C(=O)N(C)Cc2cc(C(F)(F)F)cc(C(F)(F)F)c2)C(c2ccc(C)cc2C)C1. The molecule has 11 heteroatoms. The Morgan fingerprint density at radius 3 is 2.05 bits per heavy atom. The van der Waals surface area contributed by atoms with Gasteiger partial charge in [0.2, 0.25) is 5.91 Å². The number of amides is 3. The number of rotatable bonds is 4. The first kappa shape index (κ1) is 28.3. The summed E-state index contributed by atoms with van der Waals surface area (Å²) in [6, 6.07) is 5.94. The fourth-order valence-electron chi connectivity index (χ4n) is 4.60. The average Bonchev–Trinajstić information content (AvgIpc) is 2.81. The predicted octanol–water partition coefficient (Wildman–Crippen LogP) is 6.19. The van der Waals surface area contributed by atoms with Gasteiger partial charge in [0.25, 0.3) is 0 Å². The number of alkyl halides is 6. The number of aryl methyl sites for hydroxylation is 2. The molecule has 1 aliphatic heterocycles. The molecule has 0 aliphatic carbocycles. The monoisotopic (exact) mass is 529 g/mol. The maximum Gasteiger partial charge on any atom is 0.416 e. The summed E-state index contributed by atoms with van der Waals surface area (Å²) in [6.45, 7) is 5.77. The Hall–Kier alpha value is -3.24. The molecule has 1 heterocycles. The second kappa shape index (κ2) is 10.6. The van der Waals surface area contributed by atoms with Gasteiger partial charge in [-0.1, -0.05) is 30.7 Å². The van der Waals surface area contributed by atoms with Gasteiger partial charge in [0, 0.05) is 39.6 Å². The van der Waals surface area contributed by atoms with Crippen molar-refractivity contribution in [3.8, 4) is 0 Å². The summed E-state index contributed by atoms with van der Waals surface area (Å²) in [7, 11) is 1.33. The summed E-state index contributed by atoms with van der Waals surface area (Å²) in [5, 5.41) is 0. The molecule has 0 N–H and O–H groups in total. The number of halogens is 6. The van der Waals surface area contributed by atoms with Gasteiger partial charge in [-0.25, -0.2) is 4.79 Å². The van der Waals surface area contributed by atoms with Crippen molar-refractivity contribution in [2.75, 3.05) is 26.7 Å². The van der Waals surface area contributed by atoms with E-state index in [9.17, 15) is 35.9 Å². The van der Waals surface area contributed by atoms with Crippen LogP contribution in [0.3, 0.4) is 0 Å². The van der Waals surface area contributed by atoms with Gasteiger partial charge in [-0.3, -0.25) is 4.79 Å². The lowest BCUT2D eigenvalue weighted by molar-refractivity contribution is -0.143. The standard InChI is InChI=1S/C26H29F6N3O2/c1-5-23(36)34-8-9-35(22(15-34)21-7-6-16(2)10-17(21)3)24(37)33(4)14-18-11-19(25(27,28)29)13-20(12-18)26(30,31)32/h6-7,10-13,22H,5,8-9,14-15H2,1-4H3. The Balaban J connectivity index is 1.92. The minimum absolute atomic E-state index is 0.0610. The molecule has 1 saturated heterocycles. The van der Waals surface area contributed by atoms with Gasteiger partial charge < -0.3 is 14.7 Å². The number of carbonyl (C=O) groups excluding carboxylic acids is 2. The molecule has 1 fully saturated rings. The zero-order chi connectivity index (χ0) is 27.7. The summed E-state index contributed by atoms with van der Waals surface area (Å²) in [4.78, 5) is 30.2. The van der Waals surface area contributed by atoms with E-state index in [1.54, 1.807) is 11.8 Å². The molecule has 2 aromatic carbocycles. The van der Waals surface area contributed by atoms with Crippen molar-refractivity contribution >= 4 is 11.9 Å². The van der Waals surface area contributed by atoms with E-state index in [4.69, 9.17) is 0 Å². The van der Waals surface area contributed by atoms with E-state index in [0.717, 1.165) is 21.6 Å². The third kappa shape index (κ3) is 6.56. The van der Waals surface area contributed by atoms with E-state index >= 15 is 0 Å². The summed E-state index contributed by atoms with van der Waals surface area (Å²) in [5.74, 6) is -0.0705. The van der Waals surface area contributed by atoms with Gasteiger partial charge in [-0.05, 0) is 48.7 Å². The van der Waals surface area contributed by atoms with E-state index in [1.165, 1.54) is 11.9 Å². The Bertz CT molecular complexity index is 1130. The van der Waals surface area contributed by atoms with Crippen LogP contribution in [0.25, 0.3) is 0 Å². The number of carbonyl (C=O) groups is 2. The van der Waals surface area contributed by atoms with E-state index in [0.29, 0.717) is 18.6 Å². The van der Waals surface area contributed by atoms with E-state index in [1.807, 2.05) is 32.0 Å². The number of hydrogen-bond acceptors (Lipinski definition) is 2. The van der Waals surface area contributed by atoms with Crippen LogP contribution < -0.4 is 0 Å². The molecule has 0 saturated carbocycles. The van der Waals surface area contributed by atoms with Crippen LogP contribution in [0.1, 0.15) is 52.8 Å². The lowest BCUT2D eigenvalue weighted by Gasteiger charge is -2.43. The summed E-state index contributed by atoms with van der Waals surface area (Å²) in [5.41, 5.74) is -0.418. The molecule has 0 radical (unpaired) electrons. The van der Waals surface area contributed by atoms with Crippen molar-refractivity contribution in [1.29, 1.82) is 0 Å². The second-order valence-corrected chi connectivity index (χ2v) is 9.32. The molecule has 5 nitrogen and oxygen atoms in total. The smallest absolute Gasteiger partial charge is 0.339 e. The van der Waals surface area contributed by atoms with Crippen LogP contribution in [0, 0.1) is 13.8 Å². The Morgan fingerprint density at radius 2 is 1.54 bits per heavy atom. The highest BCUT2D eigenvalue weighted by Gasteiger charge is 2.38. The molecular formula is C26H29F6N3O2. The normalized spacial score (nSPS) is 16.6. The molecule has 1 atom stereocenters. The molecule has 3 amide bonds. The highest BCUT2D eigenvalue weighted by Crippen LogP contribution is 2.37. The van der Waals surface area contributed by atoms with Crippen LogP contribution in [0.15, 0.2) is 36.4 Å². The maximum atomic E-state index is 13.5. The van der Waals surface area contributed by atoms with Gasteiger partial charge in [0.15, 0.2) is 0 Å². The summed E-state index contributed by atoms with van der Waals surface area (Å²) in [6.07, 6.45) is -9.66. The van der Waals surface area contributed by atoms with Gasteiger partial charge in [0.05, 0.1) is 17.2 Å². The summed E-state index contributed by atoms with van der Waals surface area (Å²) < 4.78 is 79.6. The number of urea groups is 1. The van der Waals surface area contributed by atoms with Crippen LogP contribution in [-0.4, -0.2) is 53.3 Å². The van der Waals surface area contributed by atoms with Crippen LogP contribution >= 0.6 is 0 Å². The quantitative estimate of drug-likeness (QED) is 0.444. The molecular weight excluding hydrogens is 500 g/mol. The number of nitrogens with zero attached hydrogens (tertiary/aromatic N) is 3. The van der Waals surface area contributed by atoms with Crippen molar-refractivity contribution in [2.24, 2.45) is 0 Å². The molecule has 3 rings (SSSR count). The van der Waals surface area contributed by atoms with Crippen molar-refractivity contribution in [2.45, 2.75) is 52.1 Å². The molecule has 0 aromatic heterocycles. The van der Waals surface area contributed by atoms with Crippen molar-refractivity contribution in [1.82, 2.24) is 14.7 Å². The van der Waals surface area contributed by atoms with E-state index < -0.39 is 42.1 Å². The Morgan fingerprint density at radius 1 is 0.946 bits per heavy atom. The lowest BCUT2D eigenvalue weighted by Crippen LogP contribution is -2.54. The first-order chi connectivity index (χ1) is 17.1. The minimum Gasteiger partial charge on any atom is -0.339 e. The van der Waals surface area contributed by atoms with Crippen molar-refractivity contribution in [3.05, 3.63) is 69.8 Å². The van der Waals surface area contributed by atoms with Crippen LogP contribution in [-0.2, 0) is 23.7 Å². The Labute approximate surface area is 211 Å². The number of benzene rings is 2. The highest BCUT2D eigenvalue weighted by atomic mass is 19.4. The van der Waals surface area contributed by atoms with Crippen molar-refractivity contribution < 1.29 is 35.9 Å². The first-order valence-electron chi connectivity index (χ1n) is 11.8. The van der Waals surface area contributed by atoms with Crippen LogP contribution in [0.5, 0.6) is 0 Å². The zero-order valence-corrected chi connectivity index (χ0v) is 21.0. The fraction of sp³-hybridized carbons (Fsp3) is 0.462. The largest absolute Gasteiger partial charge is 0.416 e. The van der Waals surface area contributed by atoms with E-state index in [-0.39, 0.29) is 37.2 Å². The molecule has 202 valence electrons. The number of piperazine rings is 1. The molecule has 1 unspecified atom stereocenters. The lowest BCUT2D eigenvalue weighted by atomic mass is 9.96. The van der Waals surface area contributed by atoms with Crippen LogP contribution in [0.4, 0.5) is 31.1 Å². The second-order valence-electron chi connectivity index (χ2n) is 9.32. The maximum absolute atomic E-state index is 13.5. The highest BCUT2D eigenvalue weighted by molar-refractivity contribution is 5.78. The minimum atomic E-state index is -4.98. The zero-order valence-electron chi connectivity index (χ0n) is 21.0.